The Bertz CT molecular complexity index is 934. The molecular formula is C20H24N6O2. The molecule has 0 aliphatic carbocycles. The molecule has 28 heavy (non-hydrogen) atoms. The lowest BCUT2D eigenvalue weighted by molar-refractivity contribution is 0.0983. The number of carbonyl (C=O) groups is 1. The zero-order valence-corrected chi connectivity index (χ0v) is 15.9. The lowest BCUT2D eigenvalue weighted by Crippen LogP contribution is -2.42. The maximum absolute atomic E-state index is 11.9. The highest BCUT2D eigenvalue weighted by Gasteiger charge is 2.25. The second-order valence-electron chi connectivity index (χ2n) is 6.84. The number of imidazole rings is 1. The average molecular weight is 380 g/mol. The fourth-order valence-electron chi connectivity index (χ4n) is 3.51. The number of rotatable bonds is 5. The molecule has 1 fully saturated rings. The first-order chi connectivity index (χ1) is 13.7. The summed E-state index contributed by atoms with van der Waals surface area (Å²) >= 11 is 0. The fraction of sp³-hybridized carbons (Fsp3) is 0.400. The van der Waals surface area contributed by atoms with Crippen LogP contribution in [0.25, 0.3) is 11.2 Å². The van der Waals surface area contributed by atoms with E-state index in [9.17, 15) is 4.79 Å². The van der Waals surface area contributed by atoms with E-state index in [-0.39, 0.29) is 12.1 Å². The number of nitrogens with zero attached hydrogens (tertiary/aromatic N) is 5. The number of fused-ring (bicyclic) bond motifs is 1. The Morgan fingerprint density at radius 1 is 1.25 bits per heavy atom. The van der Waals surface area contributed by atoms with Crippen LogP contribution in [0.5, 0.6) is 0 Å². The summed E-state index contributed by atoms with van der Waals surface area (Å²) in [4.78, 5) is 26.9. The molecule has 8 nitrogen and oxygen atoms in total. The van der Waals surface area contributed by atoms with Gasteiger partial charge in [0.1, 0.15) is 11.8 Å². The standard InChI is InChI=1S/C20H24N6O2/c1-2-28-20(27)25-10-8-16(9-11-25)23-19-24-17-12-21-14-22-18(17)26(19)13-15-6-4-3-5-7-15/h3-7,12,14,16H,2,8-11,13H2,1H3,(H,23,24). The Morgan fingerprint density at radius 2 is 2.04 bits per heavy atom. The van der Waals surface area contributed by atoms with Crippen molar-refractivity contribution in [2.75, 3.05) is 25.0 Å². The lowest BCUT2D eigenvalue weighted by Gasteiger charge is -2.31. The quantitative estimate of drug-likeness (QED) is 0.733. The minimum Gasteiger partial charge on any atom is -0.450 e. The Balaban J connectivity index is 1.51. The van der Waals surface area contributed by atoms with E-state index in [4.69, 9.17) is 9.72 Å². The molecular weight excluding hydrogens is 356 g/mol. The third-order valence-corrected chi connectivity index (χ3v) is 4.95. The average Bonchev–Trinajstić information content (AvgIpc) is 3.06. The Kier molecular flexibility index (Phi) is 5.36. The van der Waals surface area contributed by atoms with Crippen LogP contribution in [0.2, 0.25) is 0 Å². The van der Waals surface area contributed by atoms with Gasteiger partial charge in [-0.25, -0.2) is 19.7 Å². The van der Waals surface area contributed by atoms with Crippen LogP contribution in [0.3, 0.4) is 0 Å². The van der Waals surface area contributed by atoms with Gasteiger partial charge in [0.25, 0.3) is 0 Å². The first kappa shape index (κ1) is 18.2. The van der Waals surface area contributed by atoms with Crippen molar-refractivity contribution in [1.29, 1.82) is 0 Å². The molecule has 4 rings (SSSR count). The molecule has 0 saturated carbocycles. The van der Waals surface area contributed by atoms with Crippen LogP contribution < -0.4 is 5.32 Å². The number of anilines is 1. The topological polar surface area (TPSA) is 85.2 Å². The van der Waals surface area contributed by atoms with Gasteiger partial charge >= 0.3 is 6.09 Å². The van der Waals surface area contributed by atoms with E-state index in [1.807, 2.05) is 25.1 Å². The largest absolute Gasteiger partial charge is 0.450 e. The third-order valence-electron chi connectivity index (χ3n) is 4.95. The van der Waals surface area contributed by atoms with Crippen molar-refractivity contribution in [2.45, 2.75) is 32.4 Å². The number of benzene rings is 1. The number of likely N-dealkylation sites (tertiary alicyclic amines) is 1. The monoisotopic (exact) mass is 380 g/mol. The molecule has 1 N–H and O–H groups in total. The van der Waals surface area contributed by atoms with Crippen LogP contribution in [0, 0.1) is 0 Å². The van der Waals surface area contributed by atoms with E-state index in [1.165, 1.54) is 5.56 Å². The van der Waals surface area contributed by atoms with E-state index in [2.05, 4.69) is 32.0 Å². The first-order valence-electron chi connectivity index (χ1n) is 9.63. The van der Waals surface area contributed by atoms with E-state index in [0.29, 0.717) is 26.2 Å². The van der Waals surface area contributed by atoms with E-state index in [0.717, 1.165) is 30.0 Å². The Morgan fingerprint density at radius 3 is 2.79 bits per heavy atom. The molecule has 0 atom stereocenters. The predicted molar refractivity (Wildman–Crippen MR) is 106 cm³/mol. The molecule has 8 heteroatoms. The third kappa shape index (κ3) is 3.90. The second-order valence-corrected chi connectivity index (χ2v) is 6.84. The van der Waals surface area contributed by atoms with Gasteiger partial charge in [0.05, 0.1) is 19.3 Å². The summed E-state index contributed by atoms with van der Waals surface area (Å²) in [7, 11) is 0. The molecule has 0 unspecified atom stereocenters. The highest BCUT2D eigenvalue weighted by molar-refractivity contribution is 5.73. The minimum atomic E-state index is -0.229. The molecule has 1 amide bonds. The van der Waals surface area contributed by atoms with Gasteiger partial charge in [-0.1, -0.05) is 30.3 Å². The normalized spacial score (nSPS) is 15.0. The molecule has 146 valence electrons. The number of hydrogen-bond donors (Lipinski definition) is 1. The molecule has 3 aromatic rings. The molecule has 0 bridgehead atoms. The van der Waals surface area contributed by atoms with Crippen LogP contribution in [0.1, 0.15) is 25.3 Å². The van der Waals surface area contributed by atoms with Crippen molar-refractivity contribution in [3.63, 3.8) is 0 Å². The number of nitrogens with one attached hydrogen (secondary N) is 1. The van der Waals surface area contributed by atoms with Crippen molar-refractivity contribution >= 4 is 23.2 Å². The summed E-state index contributed by atoms with van der Waals surface area (Å²) in [6, 6.07) is 10.5. The highest BCUT2D eigenvalue weighted by Crippen LogP contribution is 2.22. The van der Waals surface area contributed by atoms with Gasteiger partial charge in [-0.15, -0.1) is 0 Å². The molecule has 1 aromatic carbocycles. The first-order valence-corrected chi connectivity index (χ1v) is 9.63. The summed E-state index contributed by atoms with van der Waals surface area (Å²) in [5.41, 5.74) is 2.76. The summed E-state index contributed by atoms with van der Waals surface area (Å²) in [6.45, 7) is 4.26. The highest BCUT2D eigenvalue weighted by atomic mass is 16.6. The van der Waals surface area contributed by atoms with Gasteiger partial charge in [-0.05, 0) is 25.3 Å². The van der Waals surface area contributed by atoms with Gasteiger partial charge in [0.2, 0.25) is 5.95 Å². The van der Waals surface area contributed by atoms with Gasteiger partial charge in [0, 0.05) is 19.1 Å². The maximum Gasteiger partial charge on any atom is 0.409 e. The zero-order chi connectivity index (χ0) is 19.3. The molecule has 0 radical (unpaired) electrons. The molecule has 1 saturated heterocycles. The molecule has 3 heterocycles. The Labute approximate surface area is 163 Å². The van der Waals surface area contributed by atoms with E-state index >= 15 is 0 Å². The second kappa shape index (κ2) is 8.24. The smallest absolute Gasteiger partial charge is 0.409 e. The summed E-state index contributed by atoms with van der Waals surface area (Å²) in [6.07, 6.45) is 4.75. The molecule has 1 aliphatic heterocycles. The van der Waals surface area contributed by atoms with Crippen LogP contribution in [-0.2, 0) is 11.3 Å². The lowest BCUT2D eigenvalue weighted by atomic mass is 10.1. The van der Waals surface area contributed by atoms with Gasteiger partial charge < -0.3 is 15.0 Å². The van der Waals surface area contributed by atoms with Crippen LogP contribution in [0.4, 0.5) is 10.7 Å². The number of ether oxygens (including phenoxy) is 1. The van der Waals surface area contributed by atoms with Crippen LogP contribution in [-0.4, -0.2) is 56.3 Å². The van der Waals surface area contributed by atoms with Crippen molar-refractivity contribution in [1.82, 2.24) is 24.4 Å². The molecule has 2 aromatic heterocycles. The minimum absolute atomic E-state index is 0.229. The van der Waals surface area contributed by atoms with Crippen molar-refractivity contribution in [2.24, 2.45) is 0 Å². The number of aromatic nitrogens is 4. The van der Waals surface area contributed by atoms with E-state index in [1.54, 1.807) is 17.4 Å². The predicted octanol–water partition coefficient (Wildman–Crippen LogP) is 2.91. The summed E-state index contributed by atoms with van der Waals surface area (Å²) < 4.78 is 7.18. The number of carbonyl (C=O) groups excluding carboxylic acids is 1. The Hall–Kier alpha value is -3.16. The summed E-state index contributed by atoms with van der Waals surface area (Å²) in [5.74, 6) is 0.786. The SMILES string of the molecule is CCOC(=O)N1CCC(Nc2nc3cncnc3n2Cc2ccccc2)CC1. The summed E-state index contributed by atoms with van der Waals surface area (Å²) in [5, 5.41) is 3.56. The van der Waals surface area contributed by atoms with Crippen molar-refractivity contribution in [3.8, 4) is 0 Å². The van der Waals surface area contributed by atoms with E-state index < -0.39 is 0 Å². The zero-order valence-electron chi connectivity index (χ0n) is 15.9. The maximum atomic E-state index is 11.9. The van der Waals surface area contributed by atoms with Gasteiger partial charge in [0.15, 0.2) is 5.65 Å². The number of hydrogen-bond acceptors (Lipinski definition) is 6. The van der Waals surface area contributed by atoms with Gasteiger partial charge in [-0.2, -0.15) is 0 Å². The number of piperidine rings is 1. The number of amides is 1. The van der Waals surface area contributed by atoms with Gasteiger partial charge in [-0.3, -0.25) is 4.57 Å². The van der Waals surface area contributed by atoms with Crippen LogP contribution in [0.15, 0.2) is 42.9 Å². The molecule has 0 spiro atoms. The fourth-order valence-corrected chi connectivity index (χ4v) is 3.51. The molecule has 1 aliphatic rings. The van der Waals surface area contributed by atoms with Crippen molar-refractivity contribution in [3.05, 3.63) is 48.4 Å². The van der Waals surface area contributed by atoms with Crippen LogP contribution >= 0.6 is 0 Å². The van der Waals surface area contributed by atoms with Crippen molar-refractivity contribution < 1.29 is 9.53 Å².